The lowest BCUT2D eigenvalue weighted by Crippen LogP contribution is -2.37. The Bertz CT molecular complexity index is 1170. The molecule has 0 saturated carbocycles. The number of aromatic amines is 2. The van der Waals surface area contributed by atoms with Crippen LogP contribution in [0.5, 0.6) is 0 Å². The summed E-state index contributed by atoms with van der Waals surface area (Å²) in [6.45, 7) is 1.87. The second-order valence-electron chi connectivity index (χ2n) is 7.59. The third-order valence-electron chi connectivity index (χ3n) is 5.59. The van der Waals surface area contributed by atoms with Gasteiger partial charge in [0.1, 0.15) is 5.69 Å². The van der Waals surface area contributed by atoms with E-state index in [1.165, 1.54) is 0 Å². The fourth-order valence-electron chi connectivity index (χ4n) is 4.11. The fourth-order valence-corrected chi connectivity index (χ4v) is 4.28. The molecule has 0 spiro atoms. The van der Waals surface area contributed by atoms with Gasteiger partial charge in [-0.1, -0.05) is 35.9 Å². The minimum atomic E-state index is -0.0295. The summed E-state index contributed by atoms with van der Waals surface area (Å²) in [6, 6.07) is 15.7. The number of ether oxygens (including phenoxy) is 1. The first-order chi connectivity index (χ1) is 14.2. The predicted octanol–water partition coefficient (Wildman–Crippen LogP) is 5.12. The van der Waals surface area contributed by atoms with Gasteiger partial charge in [-0.05, 0) is 42.7 Å². The Morgan fingerprint density at radius 2 is 2.07 bits per heavy atom. The molecule has 0 aliphatic carbocycles. The molecule has 1 aliphatic rings. The van der Waals surface area contributed by atoms with Gasteiger partial charge in [0.05, 0.1) is 6.10 Å². The van der Waals surface area contributed by atoms with E-state index in [1.54, 1.807) is 0 Å². The summed E-state index contributed by atoms with van der Waals surface area (Å²) in [4.78, 5) is 21.9. The predicted molar refractivity (Wildman–Crippen MR) is 115 cm³/mol. The van der Waals surface area contributed by atoms with E-state index in [2.05, 4.69) is 16.0 Å². The Morgan fingerprint density at radius 3 is 2.93 bits per heavy atom. The Morgan fingerprint density at radius 1 is 1.17 bits per heavy atom. The highest BCUT2D eigenvalue weighted by Crippen LogP contribution is 2.24. The van der Waals surface area contributed by atoms with Crippen LogP contribution < -0.4 is 0 Å². The van der Waals surface area contributed by atoms with Crippen molar-refractivity contribution in [1.29, 1.82) is 0 Å². The standard InChI is InChI=1S/C23H22ClN3O2/c24-17-8-7-15-10-22(26-21(15)11-17)23(28)27(14-18-4-3-9-29-18)13-16-12-25-20-6-2-1-5-19(16)20/h1-2,5-8,10-12,18,25-26H,3-4,9,13-14H2. The zero-order chi connectivity index (χ0) is 19.8. The summed E-state index contributed by atoms with van der Waals surface area (Å²) >= 11 is 6.10. The number of hydrogen-bond acceptors (Lipinski definition) is 2. The topological polar surface area (TPSA) is 61.1 Å². The van der Waals surface area contributed by atoms with E-state index in [-0.39, 0.29) is 12.0 Å². The van der Waals surface area contributed by atoms with Crippen LogP contribution in [0.3, 0.4) is 0 Å². The van der Waals surface area contributed by atoms with Gasteiger partial charge in [0, 0.05) is 52.7 Å². The summed E-state index contributed by atoms with van der Waals surface area (Å²) in [5.41, 5.74) is 3.61. The number of aromatic nitrogens is 2. The number of nitrogens with one attached hydrogen (secondary N) is 2. The monoisotopic (exact) mass is 407 g/mol. The number of fused-ring (bicyclic) bond motifs is 2. The minimum absolute atomic E-state index is 0.0295. The van der Waals surface area contributed by atoms with Gasteiger partial charge in [0.2, 0.25) is 0 Å². The highest BCUT2D eigenvalue weighted by molar-refractivity contribution is 6.31. The Hall–Kier alpha value is -2.76. The van der Waals surface area contributed by atoms with Crippen LogP contribution in [0.4, 0.5) is 0 Å². The number of carbonyl (C=O) groups is 1. The maximum absolute atomic E-state index is 13.4. The fraction of sp³-hybridized carbons (Fsp3) is 0.261. The number of amides is 1. The quantitative estimate of drug-likeness (QED) is 0.482. The zero-order valence-electron chi connectivity index (χ0n) is 16.0. The van der Waals surface area contributed by atoms with Gasteiger partial charge in [0.25, 0.3) is 5.91 Å². The van der Waals surface area contributed by atoms with Crippen molar-refractivity contribution in [1.82, 2.24) is 14.9 Å². The van der Waals surface area contributed by atoms with Crippen LogP contribution in [0.15, 0.2) is 54.7 Å². The molecule has 1 fully saturated rings. The van der Waals surface area contributed by atoms with Gasteiger partial charge in [-0.2, -0.15) is 0 Å². The number of nitrogens with zero attached hydrogens (tertiary/aromatic N) is 1. The van der Waals surface area contributed by atoms with Crippen molar-refractivity contribution in [2.24, 2.45) is 0 Å². The molecule has 1 saturated heterocycles. The summed E-state index contributed by atoms with van der Waals surface area (Å²) in [7, 11) is 0. The Labute approximate surface area is 173 Å². The van der Waals surface area contributed by atoms with Gasteiger partial charge in [-0.3, -0.25) is 4.79 Å². The molecule has 0 radical (unpaired) electrons. The Kier molecular flexibility index (Phi) is 4.78. The number of para-hydroxylation sites is 1. The van der Waals surface area contributed by atoms with Gasteiger partial charge in [-0.25, -0.2) is 0 Å². The number of H-pyrrole nitrogens is 2. The van der Waals surface area contributed by atoms with E-state index < -0.39 is 0 Å². The summed E-state index contributed by atoms with van der Waals surface area (Å²) in [6.07, 6.45) is 4.11. The maximum atomic E-state index is 13.4. The summed E-state index contributed by atoms with van der Waals surface area (Å²) in [5.74, 6) is -0.0295. The molecule has 148 valence electrons. The second kappa shape index (κ2) is 7.58. The average Bonchev–Trinajstić information content (AvgIpc) is 3.46. The van der Waals surface area contributed by atoms with Crippen LogP contribution in [0.2, 0.25) is 5.02 Å². The molecule has 0 bridgehead atoms. The molecule has 1 unspecified atom stereocenters. The first kappa shape index (κ1) is 18.3. The van der Waals surface area contributed by atoms with Crippen molar-refractivity contribution in [2.75, 3.05) is 13.2 Å². The largest absolute Gasteiger partial charge is 0.376 e. The Balaban J connectivity index is 1.47. The molecule has 4 aromatic rings. The minimum Gasteiger partial charge on any atom is -0.376 e. The van der Waals surface area contributed by atoms with Crippen molar-refractivity contribution < 1.29 is 9.53 Å². The molecule has 5 nitrogen and oxygen atoms in total. The van der Waals surface area contributed by atoms with Crippen LogP contribution in [0.25, 0.3) is 21.8 Å². The van der Waals surface area contributed by atoms with Gasteiger partial charge >= 0.3 is 0 Å². The summed E-state index contributed by atoms with van der Waals surface area (Å²) < 4.78 is 5.82. The molecular weight excluding hydrogens is 386 g/mol. The highest BCUT2D eigenvalue weighted by atomic mass is 35.5. The lowest BCUT2D eigenvalue weighted by molar-refractivity contribution is 0.0504. The third-order valence-corrected chi connectivity index (χ3v) is 5.82. The summed E-state index contributed by atoms with van der Waals surface area (Å²) in [5, 5.41) is 2.76. The number of benzene rings is 2. The van der Waals surface area contributed by atoms with E-state index in [9.17, 15) is 4.79 Å². The van der Waals surface area contributed by atoms with Gasteiger partial charge in [-0.15, -0.1) is 0 Å². The molecule has 29 heavy (non-hydrogen) atoms. The van der Waals surface area contributed by atoms with E-state index in [1.807, 2.05) is 53.6 Å². The SMILES string of the molecule is O=C(c1cc2ccc(Cl)cc2[nH]1)N(Cc1c[nH]c2ccccc12)CC1CCCO1. The number of halogens is 1. The van der Waals surface area contributed by atoms with Crippen LogP contribution >= 0.6 is 11.6 Å². The molecule has 6 heteroatoms. The maximum Gasteiger partial charge on any atom is 0.270 e. The molecule has 2 aromatic heterocycles. The number of hydrogen-bond donors (Lipinski definition) is 2. The normalized spacial score (nSPS) is 16.7. The van der Waals surface area contributed by atoms with Crippen LogP contribution in [0.1, 0.15) is 28.9 Å². The highest BCUT2D eigenvalue weighted by Gasteiger charge is 2.25. The molecule has 5 rings (SSSR count). The molecular formula is C23H22ClN3O2. The molecule has 1 aliphatic heterocycles. The zero-order valence-corrected chi connectivity index (χ0v) is 16.7. The smallest absolute Gasteiger partial charge is 0.270 e. The molecule has 3 heterocycles. The average molecular weight is 408 g/mol. The third kappa shape index (κ3) is 3.63. The molecule has 1 amide bonds. The van der Waals surface area contributed by atoms with Crippen LogP contribution in [0, 0.1) is 0 Å². The lowest BCUT2D eigenvalue weighted by atomic mass is 10.1. The van der Waals surface area contributed by atoms with Gasteiger partial charge in [0.15, 0.2) is 0 Å². The van der Waals surface area contributed by atoms with E-state index in [0.717, 1.165) is 46.8 Å². The second-order valence-corrected chi connectivity index (χ2v) is 8.03. The van der Waals surface area contributed by atoms with Crippen molar-refractivity contribution in [2.45, 2.75) is 25.5 Å². The van der Waals surface area contributed by atoms with Crippen LogP contribution in [-0.2, 0) is 11.3 Å². The first-order valence-corrected chi connectivity index (χ1v) is 10.3. The molecule has 2 aromatic carbocycles. The lowest BCUT2D eigenvalue weighted by Gasteiger charge is -2.25. The van der Waals surface area contributed by atoms with Crippen molar-refractivity contribution in [3.8, 4) is 0 Å². The molecule has 2 N–H and O–H groups in total. The van der Waals surface area contributed by atoms with Crippen molar-refractivity contribution in [3.63, 3.8) is 0 Å². The van der Waals surface area contributed by atoms with E-state index >= 15 is 0 Å². The molecule has 1 atom stereocenters. The van der Waals surface area contributed by atoms with Crippen molar-refractivity contribution >= 4 is 39.3 Å². The van der Waals surface area contributed by atoms with Crippen molar-refractivity contribution in [3.05, 3.63) is 71.0 Å². The number of rotatable bonds is 5. The van der Waals surface area contributed by atoms with E-state index in [0.29, 0.717) is 23.8 Å². The first-order valence-electron chi connectivity index (χ1n) is 9.91. The van der Waals surface area contributed by atoms with Crippen LogP contribution in [-0.4, -0.2) is 40.0 Å². The van der Waals surface area contributed by atoms with Gasteiger partial charge < -0.3 is 19.6 Å². The number of carbonyl (C=O) groups excluding carboxylic acids is 1. The van der Waals surface area contributed by atoms with E-state index in [4.69, 9.17) is 16.3 Å².